The van der Waals surface area contributed by atoms with Gasteiger partial charge in [0.05, 0.1) is 6.04 Å². The lowest BCUT2D eigenvalue weighted by Crippen LogP contribution is -2.57. The fraction of sp³-hybridized carbons (Fsp3) is 0.583. The van der Waals surface area contributed by atoms with Crippen LogP contribution in [0.15, 0.2) is 24.3 Å². The van der Waals surface area contributed by atoms with Crippen molar-refractivity contribution in [3.63, 3.8) is 0 Å². The van der Waals surface area contributed by atoms with Gasteiger partial charge < -0.3 is 37.6 Å². The number of phenols is 1. The summed E-state index contributed by atoms with van der Waals surface area (Å²) in [5, 5.41) is 26.6. The average molecular weight is 494 g/mol. The molecule has 9 N–H and O–H groups in total. The van der Waals surface area contributed by atoms with Crippen LogP contribution in [0, 0.1) is 5.92 Å². The highest BCUT2D eigenvalue weighted by Gasteiger charge is 2.29. The highest BCUT2D eigenvalue weighted by molar-refractivity contribution is 5.94. The molecule has 0 aliphatic rings. The van der Waals surface area contributed by atoms with E-state index in [-0.39, 0.29) is 24.5 Å². The molecule has 0 saturated carbocycles. The summed E-state index contributed by atoms with van der Waals surface area (Å²) < 4.78 is 0. The molecule has 0 radical (unpaired) electrons. The molecule has 196 valence electrons. The standard InChI is InChI=1S/C24H39N5O6/c1-4-14(2)20(26)23(33)27-15(3)21(31)28-18(7-5-6-12-25)22(32)29-19(24(34)35)13-16-8-10-17(30)11-9-16/h8-11,14-15,18-20,30H,4-7,12-13,25-26H2,1-3H3,(H,27,33)(H,28,31)(H,29,32)(H,34,35). The normalized spacial score (nSPS) is 15.2. The van der Waals surface area contributed by atoms with Gasteiger partial charge in [0.25, 0.3) is 0 Å². The molecule has 0 heterocycles. The molecule has 0 saturated heterocycles. The number of amides is 3. The first kappa shape index (κ1) is 29.9. The number of hydrogen-bond donors (Lipinski definition) is 7. The van der Waals surface area contributed by atoms with Crippen molar-refractivity contribution < 1.29 is 29.4 Å². The second-order valence-corrected chi connectivity index (χ2v) is 8.76. The van der Waals surface area contributed by atoms with E-state index in [0.29, 0.717) is 31.4 Å². The van der Waals surface area contributed by atoms with Crippen LogP contribution < -0.4 is 27.4 Å². The van der Waals surface area contributed by atoms with Crippen LogP contribution >= 0.6 is 0 Å². The molecular weight excluding hydrogens is 454 g/mol. The molecule has 11 nitrogen and oxygen atoms in total. The molecule has 1 aromatic rings. The molecule has 0 aromatic heterocycles. The zero-order valence-electron chi connectivity index (χ0n) is 20.6. The van der Waals surface area contributed by atoms with Gasteiger partial charge in [-0.2, -0.15) is 0 Å². The van der Waals surface area contributed by atoms with Crippen LogP contribution in [-0.2, 0) is 25.6 Å². The van der Waals surface area contributed by atoms with Crippen molar-refractivity contribution in [3.8, 4) is 5.75 Å². The highest BCUT2D eigenvalue weighted by atomic mass is 16.4. The first-order chi connectivity index (χ1) is 16.5. The van der Waals surface area contributed by atoms with E-state index in [9.17, 15) is 29.4 Å². The summed E-state index contributed by atoms with van der Waals surface area (Å²) in [6.07, 6.45) is 2.08. The molecule has 0 fully saturated rings. The summed E-state index contributed by atoms with van der Waals surface area (Å²) in [6, 6.07) is 2.00. The number of phenolic OH excluding ortho intramolecular Hbond substituents is 1. The summed E-state index contributed by atoms with van der Waals surface area (Å²) in [6.45, 7) is 5.63. The van der Waals surface area contributed by atoms with E-state index < -0.39 is 47.9 Å². The number of nitrogens with two attached hydrogens (primary N) is 2. The minimum Gasteiger partial charge on any atom is -0.508 e. The number of unbranched alkanes of at least 4 members (excludes halogenated alkanes) is 1. The second kappa shape index (κ2) is 14.9. The molecule has 0 bridgehead atoms. The van der Waals surface area contributed by atoms with Crippen molar-refractivity contribution in [2.45, 2.75) is 77.0 Å². The predicted molar refractivity (Wildman–Crippen MR) is 131 cm³/mol. The predicted octanol–water partition coefficient (Wildman–Crippen LogP) is -0.00400. The smallest absolute Gasteiger partial charge is 0.326 e. The summed E-state index contributed by atoms with van der Waals surface area (Å²) in [7, 11) is 0. The zero-order chi connectivity index (χ0) is 26.5. The number of carboxylic acid groups (broad SMARTS) is 1. The Morgan fingerprint density at radius 1 is 0.914 bits per heavy atom. The van der Waals surface area contributed by atoms with Crippen molar-refractivity contribution in [1.29, 1.82) is 0 Å². The average Bonchev–Trinajstić information content (AvgIpc) is 2.82. The molecule has 0 aliphatic heterocycles. The Hall–Kier alpha value is -3.18. The fourth-order valence-electron chi connectivity index (χ4n) is 3.29. The van der Waals surface area contributed by atoms with E-state index in [0.717, 1.165) is 0 Å². The molecule has 0 spiro atoms. The number of benzene rings is 1. The van der Waals surface area contributed by atoms with Gasteiger partial charge in [0.15, 0.2) is 0 Å². The molecule has 35 heavy (non-hydrogen) atoms. The van der Waals surface area contributed by atoms with E-state index in [1.165, 1.54) is 19.1 Å². The Balaban J connectivity index is 2.87. The van der Waals surface area contributed by atoms with Crippen molar-refractivity contribution in [2.75, 3.05) is 6.54 Å². The first-order valence-corrected chi connectivity index (χ1v) is 11.9. The van der Waals surface area contributed by atoms with Gasteiger partial charge in [-0.3, -0.25) is 14.4 Å². The van der Waals surface area contributed by atoms with Gasteiger partial charge in [-0.25, -0.2) is 4.79 Å². The third-order valence-corrected chi connectivity index (χ3v) is 5.88. The van der Waals surface area contributed by atoms with Crippen molar-refractivity contribution in [1.82, 2.24) is 16.0 Å². The molecule has 5 atom stereocenters. The summed E-state index contributed by atoms with van der Waals surface area (Å²) in [5.74, 6) is -2.98. The number of rotatable bonds is 15. The minimum absolute atomic E-state index is 0.00915. The van der Waals surface area contributed by atoms with Gasteiger partial charge in [-0.15, -0.1) is 0 Å². The Kier molecular flexibility index (Phi) is 12.7. The van der Waals surface area contributed by atoms with E-state index >= 15 is 0 Å². The maximum absolute atomic E-state index is 12.9. The van der Waals surface area contributed by atoms with Crippen LogP contribution in [0.2, 0.25) is 0 Å². The Bertz CT molecular complexity index is 847. The van der Waals surface area contributed by atoms with Gasteiger partial charge in [-0.1, -0.05) is 32.4 Å². The monoisotopic (exact) mass is 493 g/mol. The van der Waals surface area contributed by atoms with Crippen LogP contribution in [0.5, 0.6) is 5.75 Å². The third-order valence-electron chi connectivity index (χ3n) is 5.88. The summed E-state index contributed by atoms with van der Waals surface area (Å²) in [4.78, 5) is 49.7. The molecular formula is C24H39N5O6. The number of hydrogen-bond acceptors (Lipinski definition) is 7. The molecule has 3 amide bonds. The van der Waals surface area contributed by atoms with Gasteiger partial charge >= 0.3 is 5.97 Å². The van der Waals surface area contributed by atoms with Gasteiger partial charge in [-0.05, 0) is 56.3 Å². The maximum Gasteiger partial charge on any atom is 0.326 e. The SMILES string of the molecule is CCC(C)C(N)C(=O)NC(C)C(=O)NC(CCCCN)C(=O)NC(Cc1ccc(O)cc1)C(=O)O. The molecule has 1 rings (SSSR count). The summed E-state index contributed by atoms with van der Waals surface area (Å²) in [5.41, 5.74) is 12.1. The van der Waals surface area contributed by atoms with E-state index in [1.807, 2.05) is 13.8 Å². The van der Waals surface area contributed by atoms with Gasteiger partial charge in [0.1, 0.15) is 23.9 Å². The van der Waals surface area contributed by atoms with E-state index in [1.54, 1.807) is 12.1 Å². The van der Waals surface area contributed by atoms with E-state index in [4.69, 9.17) is 11.5 Å². The summed E-state index contributed by atoms with van der Waals surface area (Å²) >= 11 is 0. The lowest BCUT2D eigenvalue weighted by atomic mass is 9.99. The third kappa shape index (κ3) is 10.3. The Morgan fingerprint density at radius 3 is 2.06 bits per heavy atom. The highest BCUT2D eigenvalue weighted by Crippen LogP contribution is 2.12. The molecule has 0 aliphatic carbocycles. The zero-order valence-corrected chi connectivity index (χ0v) is 20.6. The number of nitrogens with one attached hydrogen (secondary N) is 3. The number of carbonyl (C=O) groups excluding carboxylic acids is 3. The first-order valence-electron chi connectivity index (χ1n) is 11.9. The van der Waals surface area contributed by atoms with Crippen LogP contribution in [0.4, 0.5) is 0 Å². The molecule has 5 unspecified atom stereocenters. The van der Waals surface area contributed by atoms with Crippen LogP contribution in [0.3, 0.4) is 0 Å². The van der Waals surface area contributed by atoms with Crippen molar-refractivity contribution >= 4 is 23.7 Å². The van der Waals surface area contributed by atoms with Crippen LogP contribution in [0.25, 0.3) is 0 Å². The van der Waals surface area contributed by atoms with Crippen LogP contribution in [-0.4, -0.2) is 64.6 Å². The second-order valence-electron chi connectivity index (χ2n) is 8.76. The molecule has 11 heteroatoms. The number of carboxylic acids is 1. The lowest BCUT2D eigenvalue weighted by Gasteiger charge is -2.24. The van der Waals surface area contributed by atoms with Crippen molar-refractivity contribution in [2.24, 2.45) is 17.4 Å². The Morgan fingerprint density at radius 2 is 1.51 bits per heavy atom. The van der Waals surface area contributed by atoms with Gasteiger partial charge in [0, 0.05) is 6.42 Å². The minimum atomic E-state index is -1.24. The molecule has 1 aromatic carbocycles. The Labute approximate surface area is 206 Å². The lowest BCUT2D eigenvalue weighted by molar-refractivity contribution is -0.142. The van der Waals surface area contributed by atoms with Crippen molar-refractivity contribution in [3.05, 3.63) is 29.8 Å². The topological polar surface area (TPSA) is 197 Å². The van der Waals surface area contributed by atoms with E-state index in [2.05, 4.69) is 16.0 Å². The van der Waals surface area contributed by atoms with Crippen LogP contribution in [0.1, 0.15) is 52.0 Å². The number of aromatic hydroxyl groups is 1. The number of carbonyl (C=O) groups is 4. The number of aliphatic carboxylic acids is 1. The van der Waals surface area contributed by atoms with Gasteiger partial charge in [0.2, 0.25) is 17.7 Å². The quantitative estimate of drug-likeness (QED) is 0.166. The fourth-order valence-corrected chi connectivity index (χ4v) is 3.29. The largest absolute Gasteiger partial charge is 0.508 e. The maximum atomic E-state index is 12.9.